The molecule has 1 aliphatic heterocycles. The predicted octanol–water partition coefficient (Wildman–Crippen LogP) is 1.28. The monoisotopic (exact) mass is 208 g/mol. The molecule has 1 aromatic heterocycles. The van der Waals surface area contributed by atoms with Crippen LogP contribution in [0.1, 0.15) is 23.3 Å². The van der Waals surface area contributed by atoms with Crippen molar-refractivity contribution in [2.75, 3.05) is 13.6 Å². The van der Waals surface area contributed by atoms with Gasteiger partial charge in [0.25, 0.3) is 0 Å². The number of likely N-dealkylation sites (tertiary alicyclic amines) is 1. The maximum Gasteiger partial charge on any atom is 0.352 e. The van der Waals surface area contributed by atoms with Gasteiger partial charge >= 0.3 is 5.97 Å². The van der Waals surface area contributed by atoms with Crippen LogP contribution in [0.3, 0.4) is 0 Å². The second-order valence-electron chi connectivity index (χ2n) is 4.13. The van der Waals surface area contributed by atoms with Crippen molar-refractivity contribution in [3.63, 3.8) is 0 Å². The summed E-state index contributed by atoms with van der Waals surface area (Å²) < 4.78 is 1.83. The third-order valence-corrected chi connectivity index (χ3v) is 3.13. The lowest BCUT2D eigenvalue weighted by Gasteiger charge is -2.20. The van der Waals surface area contributed by atoms with Crippen LogP contribution in [0.2, 0.25) is 0 Å². The van der Waals surface area contributed by atoms with Crippen molar-refractivity contribution in [2.24, 2.45) is 0 Å². The second kappa shape index (κ2) is 4.06. The lowest BCUT2D eigenvalue weighted by molar-refractivity contribution is 0.0683. The van der Waals surface area contributed by atoms with Crippen LogP contribution in [0.5, 0.6) is 0 Å². The van der Waals surface area contributed by atoms with Crippen LogP contribution in [0, 0.1) is 0 Å². The molecule has 4 nitrogen and oxygen atoms in total. The predicted molar refractivity (Wildman–Crippen MR) is 57.0 cm³/mol. The molecule has 15 heavy (non-hydrogen) atoms. The molecule has 0 bridgehead atoms. The fourth-order valence-electron chi connectivity index (χ4n) is 2.20. The van der Waals surface area contributed by atoms with E-state index in [0.29, 0.717) is 11.7 Å². The Labute approximate surface area is 89.1 Å². The van der Waals surface area contributed by atoms with Crippen molar-refractivity contribution >= 4 is 5.97 Å². The van der Waals surface area contributed by atoms with Gasteiger partial charge < -0.3 is 14.6 Å². The summed E-state index contributed by atoms with van der Waals surface area (Å²) in [4.78, 5) is 13.2. The highest BCUT2D eigenvalue weighted by atomic mass is 16.4. The molecule has 0 amide bonds. The van der Waals surface area contributed by atoms with Gasteiger partial charge in [-0.25, -0.2) is 4.79 Å². The minimum atomic E-state index is -0.847. The average Bonchev–Trinajstić information content (AvgIpc) is 2.77. The molecular formula is C11H16N2O2. The van der Waals surface area contributed by atoms with Crippen molar-refractivity contribution in [3.8, 4) is 0 Å². The van der Waals surface area contributed by atoms with E-state index in [1.54, 1.807) is 12.1 Å². The molecule has 1 fully saturated rings. The Balaban J connectivity index is 2.10. The Kier molecular flexibility index (Phi) is 2.77. The maximum absolute atomic E-state index is 10.9. The van der Waals surface area contributed by atoms with Gasteiger partial charge in [-0.05, 0) is 38.6 Å². The first kappa shape index (κ1) is 10.2. The van der Waals surface area contributed by atoms with Crippen molar-refractivity contribution < 1.29 is 9.90 Å². The van der Waals surface area contributed by atoms with E-state index in [1.165, 1.54) is 6.42 Å². The second-order valence-corrected chi connectivity index (χ2v) is 4.13. The number of likely N-dealkylation sites (N-methyl/N-ethyl adjacent to an activating group) is 1. The van der Waals surface area contributed by atoms with E-state index < -0.39 is 5.97 Å². The molecular weight excluding hydrogens is 192 g/mol. The quantitative estimate of drug-likeness (QED) is 0.814. The van der Waals surface area contributed by atoms with Crippen LogP contribution >= 0.6 is 0 Å². The Bertz CT molecular complexity index is 359. The summed E-state index contributed by atoms with van der Waals surface area (Å²) in [6.07, 6.45) is 4.22. The van der Waals surface area contributed by atoms with Crippen LogP contribution < -0.4 is 0 Å². The van der Waals surface area contributed by atoms with E-state index in [4.69, 9.17) is 5.11 Å². The molecule has 82 valence electrons. The SMILES string of the molecule is CN1CCCC1Cn1cccc1C(=O)O. The maximum atomic E-state index is 10.9. The first-order valence-corrected chi connectivity index (χ1v) is 5.27. The van der Waals surface area contributed by atoms with E-state index in [1.807, 2.05) is 10.8 Å². The summed E-state index contributed by atoms with van der Waals surface area (Å²) in [6, 6.07) is 3.92. The summed E-state index contributed by atoms with van der Waals surface area (Å²) in [5.41, 5.74) is 0.385. The van der Waals surface area contributed by atoms with E-state index in [9.17, 15) is 4.79 Å². The van der Waals surface area contributed by atoms with Gasteiger partial charge in [-0.15, -0.1) is 0 Å². The number of carbonyl (C=O) groups is 1. The van der Waals surface area contributed by atoms with Crippen LogP contribution in [0.4, 0.5) is 0 Å². The molecule has 1 unspecified atom stereocenters. The minimum Gasteiger partial charge on any atom is -0.477 e. The van der Waals surface area contributed by atoms with E-state index in [2.05, 4.69) is 11.9 Å². The zero-order valence-electron chi connectivity index (χ0n) is 8.89. The smallest absolute Gasteiger partial charge is 0.352 e. The number of carboxylic acid groups (broad SMARTS) is 1. The molecule has 1 aliphatic rings. The molecule has 2 rings (SSSR count). The molecule has 4 heteroatoms. The molecule has 0 aromatic carbocycles. The number of aromatic carboxylic acids is 1. The number of rotatable bonds is 3. The highest BCUT2D eigenvalue weighted by Crippen LogP contribution is 2.17. The van der Waals surface area contributed by atoms with Crippen LogP contribution in [0.15, 0.2) is 18.3 Å². The normalized spacial score (nSPS) is 22.1. The van der Waals surface area contributed by atoms with Crippen molar-refractivity contribution in [2.45, 2.75) is 25.4 Å². The fraction of sp³-hybridized carbons (Fsp3) is 0.545. The Morgan fingerprint density at radius 2 is 2.47 bits per heavy atom. The number of hydrogen-bond donors (Lipinski definition) is 1. The average molecular weight is 208 g/mol. The van der Waals surface area contributed by atoms with Crippen LogP contribution in [0.25, 0.3) is 0 Å². The summed E-state index contributed by atoms with van der Waals surface area (Å²) in [5, 5.41) is 8.96. The first-order valence-electron chi connectivity index (χ1n) is 5.27. The van der Waals surface area contributed by atoms with Gasteiger partial charge in [-0.1, -0.05) is 0 Å². The van der Waals surface area contributed by atoms with E-state index >= 15 is 0 Å². The van der Waals surface area contributed by atoms with Gasteiger partial charge in [0.15, 0.2) is 0 Å². The molecule has 0 spiro atoms. The summed E-state index contributed by atoms with van der Waals surface area (Å²) in [6.45, 7) is 1.90. The summed E-state index contributed by atoms with van der Waals surface area (Å²) >= 11 is 0. The summed E-state index contributed by atoms with van der Waals surface area (Å²) in [5.74, 6) is -0.847. The number of nitrogens with zero attached hydrogens (tertiary/aromatic N) is 2. The van der Waals surface area contributed by atoms with E-state index in [-0.39, 0.29) is 0 Å². The topological polar surface area (TPSA) is 45.5 Å². The van der Waals surface area contributed by atoms with Crippen molar-refractivity contribution in [3.05, 3.63) is 24.0 Å². The lowest BCUT2D eigenvalue weighted by atomic mass is 10.2. The molecule has 0 radical (unpaired) electrons. The van der Waals surface area contributed by atoms with Gasteiger partial charge in [0, 0.05) is 18.8 Å². The highest BCUT2D eigenvalue weighted by Gasteiger charge is 2.22. The van der Waals surface area contributed by atoms with Crippen LogP contribution in [-0.2, 0) is 6.54 Å². The highest BCUT2D eigenvalue weighted by molar-refractivity contribution is 5.85. The Hall–Kier alpha value is -1.29. The van der Waals surface area contributed by atoms with Gasteiger partial charge in [-0.2, -0.15) is 0 Å². The molecule has 2 heterocycles. The fourth-order valence-corrected chi connectivity index (χ4v) is 2.20. The standard InChI is InChI=1S/C11H16N2O2/c1-12-6-2-4-9(12)8-13-7-3-5-10(13)11(14)15/h3,5,7,9H,2,4,6,8H2,1H3,(H,14,15). The lowest BCUT2D eigenvalue weighted by Crippen LogP contribution is -2.30. The van der Waals surface area contributed by atoms with Gasteiger partial charge in [0.05, 0.1) is 0 Å². The molecule has 0 saturated carbocycles. The molecule has 1 aromatic rings. The zero-order chi connectivity index (χ0) is 10.8. The van der Waals surface area contributed by atoms with Gasteiger partial charge in [0.1, 0.15) is 5.69 Å². The largest absolute Gasteiger partial charge is 0.477 e. The van der Waals surface area contributed by atoms with Crippen LogP contribution in [-0.4, -0.2) is 40.2 Å². The first-order chi connectivity index (χ1) is 7.18. The van der Waals surface area contributed by atoms with Gasteiger partial charge in [-0.3, -0.25) is 0 Å². The molecule has 1 N–H and O–H groups in total. The van der Waals surface area contributed by atoms with Crippen molar-refractivity contribution in [1.82, 2.24) is 9.47 Å². The third kappa shape index (κ3) is 2.04. The number of aromatic nitrogens is 1. The molecule has 1 atom stereocenters. The Morgan fingerprint density at radius 1 is 1.67 bits per heavy atom. The molecule has 0 aliphatic carbocycles. The third-order valence-electron chi connectivity index (χ3n) is 3.13. The zero-order valence-corrected chi connectivity index (χ0v) is 8.89. The van der Waals surface area contributed by atoms with E-state index in [0.717, 1.165) is 19.5 Å². The van der Waals surface area contributed by atoms with Crippen molar-refractivity contribution in [1.29, 1.82) is 0 Å². The number of hydrogen-bond acceptors (Lipinski definition) is 2. The molecule has 1 saturated heterocycles. The minimum absolute atomic E-state index is 0.385. The Morgan fingerprint density at radius 3 is 3.07 bits per heavy atom. The number of carboxylic acids is 1. The summed E-state index contributed by atoms with van der Waals surface area (Å²) in [7, 11) is 2.10. The van der Waals surface area contributed by atoms with Gasteiger partial charge in [0.2, 0.25) is 0 Å².